The Kier molecular flexibility index (Phi) is 1190. The molecule has 0 aromatic rings. The first-order valence-corrected chi connectivity index (χ1v) is 0.687. The molecule has 0 saturated heterocycles. The third kappa shape index (κ3) is 97.2. The Morgan fingerprint density at radius 2 is 0.556 bits per heavy atom. The van der Waals surface area contributed by atoms with Crippen LogP contribution in [0.4, 0.5) is 18.8 Å². The average Bonchev–Trinajstić information content (AvgIpc) is 1.00. The van der Waals surface area contributed by atoms with E-state index in [0.29, 0.717) is 0 Å². The van der Waals surface area contributed by atoms with Gasteiger partial charge in [-0.1, -0.05) is 0 Å². The summed E-state index contributed by atoms with van der Waals surface area (Å²) in [6.07, 6.45) is 0. The molecule has 0 fully saturated rings. The van der Waals surface area contributed by atoms with Gasteiger partial charge >= 0.3 is 109 Å². The van der Waals surface area contributed by atoms with Crippen molar-refractivity contribution in [3.63, 3.8) is 0 Å². The van der Waals surface area contributed by atoms with Gasteiger partial charge in [-0.25, -0.2) is 0 Å². The molecule has 0 amide bonds. The van der Waals surface area contributed by atoms with Crippen molar-refractivity contribution in [2.45, 2.75) is 0 Å². The monoisotopic (exact) mass is 217 g/mol. The number of rotatable bonds is 0. The van der Waals surface area contributed by atoms with Gasteiger partial charge in [-0.05, 0) is 0 Å². The maximum atomic E-state index is 8.12. The zero-order valence-electron chi connectivity index (χ0n) is 5.45. The quantitative estimate of drug-likeness (QED) is 0.291. The van der Waals surface area contributed by atoms with Gasteiger partial charge in [0, 0.05) is 0 Å². The molecule has 0 unspecified atom stereocenters. The van der Waals surface area contributed by atoms with Gasteiger partial charge < -0.3 is 0 Å². The first kappa shape index (κ1) is 89.7. The van der Waals surface area contributed by atoms with Gasteiger partial charge in [-0.3, -0.25) is 18.8 Å². The molecule has 0 rings (SSSR count). The Morgan fingerprint density at radius 3 is 0.556 bits per heavy atom. The second-order valence-electron chi connectivity index (χ2n) is 0. The summed E-state index contributed by atoms with van der Waals surface area (Å²) >= 11 is 1.38. The van der Waals surface area contributed by atoms with E-state index in [2.05, 4.69) is 0 Å². The molecule has 0 aromatic heterocycles. The molecule has 0 aliphatic rings. The van der Waals surface area contributed by atoms with E-state index in [1.165, 1.54) is 16.2 Å². The summed E-state index contributed by atoms with van der Waals surface area (Å²) in [5.41, 5.74) is 0. The van der Waals surface area contributed by atoms with E-state index >= 15 is 0 Å². The molecule has 0 aromatic carbocycles. The molecule has 9 heavy (non-hydrogen) atoms. The Morgan fingerprint density at radius 1 is 0.556 bits per heavy atom. The van der Waals surface area contributed by atoms with Crippen molar-refractivity contribution in [3.8, 4) is 0 Å². The van der Waals surface area contributed by atoms with E-state index in [0.717, 1.165) is 0 Å². The standard InChI is InChI=1S/Cr.4FH.3Na.O/h;4*1H;;;;/q;;;;;3*+1;. The fourth-order valence-corrected chi connectivity index (χ4v) is 0. The van der Waals surface area contributed by atoms with Crippen LogP contribution in [0.25, 0.3) is 0 Å². The molecule has 0 spiro atoms. The van der Waals surface area contributed by atoms with Crippen LogP contribution < -0.4 is 88.7 Å². The molecule has 0 N–H and O–H groups in total. The maximum absolute atomic E-state index is 8.12. The second-order valence-corrected chi connectivity index (χ2v) is 0. The summed E-state index contributed by atoms with van der Waals surface area (Å²) in [4.78, 5) is 0. The van der Waals surface area contributed by atoms with Crippen LogP contribution in [0.1, 0.15) is 0 Å². The number of hydrogen-bond donors (Lipinski definition) is 0. The molecule has 0 radical (unpaired) electrons. The van der Waals surface area contributed by atoms with Gasteiger partial charge in [0.2, 0.25) is 0 Å². The van der Waals surface area contributed by atoms with Crippen molar-refractivity contribution in [3.05, 3.63) is 0 Å². The Balaban J connectivity index is -0.000000000238. The molecule has 0 bridgehead atoms. The summed E-state index contributed by atoms with van der Waals surface area (Å²) in [5, 5.41) is 0. The molecule has 0 atom stereocenters. The molecule has 44 valence electrons. The van der Waals surface area contributed by atoms with E-state index < -0.39 is 0 Å². The summed E-state index contributed by atoms with van der Waals surface area (Å²) in [7, 11) is 0. The average molecular weight is 217 g/mol. The van der Waals surface area contributed by atoms with Crippen molar-refractivity contribution in [2.24, 2.45) is 0 Å². The van der Waals surface area contributed by atoms with Crippen LogP contribution in [0, 0.1) is 0 Å². The first-order chi connectivity index (χ1) is 1.00. The molecule has 0 aliphatic heterocycles. The van der Waals surface area contributed by atoms with Crippen LogP contribution in [0.15, 0.2) is 0 Å². The van der Waals surface area contributed by atoms with Crippen LogP contribution in [-0.4, -0.2) is 0 Å². The predicted molar refractivity (Wildman–Crippen MR) is 10.7 cm³/mol. The first-order valence-electron chi connectivity index (χ1n) is 0.167. The van der Waals surface area contributed by atoms with E-state index in [1.807, 2.05) is 0 Å². The van der Waals surface area contributed by atoms with E-state index in [-0.39, 0.29) is 107 Å². The topological polar surface area (TPSA) is 17.1 Å². The summed E-state index contributed by atoms with van der Waals surface area (Å²) in [5.74, 6) is 0. The summed E-state index contributed by atoms with van der Waals surface area (Å²) in [6.45, 7) is 0. The molecule has 1 nitrogen and oxygen atoms in total. The van der Waals surface area contributed by atoms with Gasteiger partial charge in [-0.2, -0.15) is 0 Å². The number of hydrogen-bond acceptors (Lipinski definition) is 1. The van der Waals surface area contributed by atoms with Crippen LogP contribution in [0.2, 0.25) is 0 Å². The third-order valence-corrected chi connectivity index (χ3v) is 0. The zero-order chi connectivity index (χ0) is 2.00. The molecule has 0 aliphatic carbocycles. The van der Waals surface area contributed by atoms with Crippen LogP contribution in [0.5, 0.6) is 0 Å². The van der Waals surface area contributed by atoms with Crippen molar-refractivity contribution in [1.82, 2.24) is 0 Å². The Hall–Kier alpha value is 3.05. The normalized spacial score (nSPS) is 0.444. The SMILES string of the molecule is F.F.F.F.[Na+].[Na+].[Na+].[O]=[Cr]. The summed E-state index contributed by atoms with van der Waals surface area (Å²) in [6, 6.07) is 0. The predicted octanol–water partition coefficient (Wildman–Crippen LogP) is -8.50. The third-order valence-electron chi connectivity index (χ3n) is 0. The van der Waals surface area contributed by atoms with Gasteiger partial charge in [0.1, 0.15) is 0 Å². The zero-order valence-corrected chi connectivity index (χ0v) is 12.7. The Bertz CT molecular complexity index is 15.8. The van der Waals surface area contributed by atoms with Gasteiger partial charge in [0.15, 0.2) is 0 Å². The van der Waals surface area contributed by atoms with Crippen LogP contribution >= 0.6 is 0 Å². The van der Waals surface area contributed by atoms with Crippen molar-refractivity contribution in [2.75, 3.05) is 0 Å². The van der Waals surface area contributed by atoms with Crippen molar-refractivity contribution >= 4 is 0 Å². The molecular formula is H4CrF4Na3O+3. The van der Waals surface area contributed by atoms with Crippen LogP contribution in [-0.2, 0) is 20.0 Å². The molecule has 0 heterocycles. The van der Waals surface area contributed by atoms with E-state index in [9.17, 15) is 0 Å². The minimum atomic E-state index is 0. The van der Waals surface area contributed by atoms with E-state index in [4.69, 9.17) is 3.80 Å². The molecular weight excluding hydrogens is 213 g/mol. The fraction of sp³-hybridized carbons (Fsp3) is 0. The van der Waals surface area contributed by atoms with Crippen molar-refractivity contribution in [1.29, 1.82) is 0 Å². The van der Waals surface area contributed by atoms with Crippen molar-refractivity contribution < 1.29 is 128 Å². The van der Waals surface area contributed by atoms with Crippen LogP contribution in [0.3, 0.4) is 0 Å². The van der Waals surface area contributed by atoms with Gasteiger partial charge in [0.05, 0.1) is 0 Å². The molecule has 9 heteroatoms. The fourth-order valence-electron chi connectivity index (χ4n) is 0. The van der Waals surface area contributed by atoms with Gasteiger partial charge in [-0.15, -0.1) is 0 Å². The second kappa shape index (κ2) is 120. The van der Waals surface area contributed by atoms with Gasteiger partial charge in [0.25, 0.3) is 0 Å². The summed E-state index contributed by atoms with van der Waals surface area (Å²) < 4.78 is 8.12. The number of halogens is 4. The minimum absolute atomic E-state index is 0. The van der Waals surface area contributed by atoms with E-state index in [1.54, 1.807) is 0 Å². The Labute approximate surface area is 125 Å². The molecule has 0 saturated carbocycles.